The maximum atomic E-state index is 12.2. The van der Waals surface area contributed by atoms with Crippen LogP contribution in [0.3, 0.4) is 0 Å². The van der Waals surface area contributed by atoms with Crippen LogP contribution in [-0.2, 0) is 9.59 Å². The highest BCUT2D eigenvalue weighted by Gasteiger charge is 2.16. The molecule has 0 saturated carbocycles. The summed E-state index contributed by atoms with van der Waals surface area (Å²) in [4.78, 5) is 37.5. The molecule has 0 radical (unpaired) electrons. The zero-order valence-corrected chi connectivity index (χ0v) is 16.5. The molecule has 1 atom stereocenters. The molecule has 11 nitrogen and oxygen atoms in total. The van der Waals surface area contributed by atoms with Gasteiger partial charge in [-0.3, -0.25) is 14.4 Å². The Morgan fingerprint density at radius 3 is 2.67 bits per heavy atom. The summed E-state index contributed by atoms with van der Waals surface area (Å²) in [6.07, 6.45) is 1.92. The number of carboxylic acids is 1. The van der Waals surface area contributed by atoms with Crippen LogP contribution in [0.5, 0.6) is 11.5 Å². The van der Waals surface area contributed by atoms with E-state index in [9.17, 15) is 14.4 Å². The third-order valence-electron chi connectivity index (χ3n) is 4.32. The second kappa shape index (κ2) is 12.2. The number of ether oxygens (including phenoxy) is 2. The summed E-state index contributed by atoms with van der Waals surface area (Å²) in [5.41, 5.74) is 8.82. The molecule has 0 spiro atoms. The Balaban J connectivity index is 1.62. The molecule has 1 aliphatic heterocycles. The molecule has 30 heavy (non-hydrogen) atoms. The van der Waals surface area contributed by atoms with Crippen molar-refractivity contribution >= 4 is 17.8 Å². The number of rotatable bonds is 12. The third kappa shape index (κ3) is 7.88. The Labute approximate surface area is 173 Å². The van der Waals surface area contributed by atoms with Crippen LogP contribution in [0.1, 0.15) is 42.5 Å². The van der Waals surface area contributed by atoms with Crippen molar-refractivity contribution in [3.05, 3.63) is 34.2 Å². The number of benzene rings is 1. The number of azide groups is 1. The monoisotopic (exact) mass is 419 g/mol. The van der Waals surface area contributed by atoms with E-state index in [1.165, 1.54) is 0 Å². The van der Waals surface area contributed by atoms with Crippen molar-refractivity contribution in [1.82, 2.24) is 10.6 Å². The summed E-state index contributed by atoms with van der Waals surface area (Å²) >= 11 is 0. The Morgan fingerprint density at radius 1 is 1.17 bits per heavy atom. The van der Waals surface area contributed by atoms with E-state index in [1.54, 1.807) is 18.2 Å². The first kappa shape index (κ1) is 22.8. The van der Waals surface area contributed by atoms with Crippen molar-refractivity contribution in [1.29, 1.82) is 0 Å². The molecule has 0 saturated heterocycles. The van der Waals surface area contributed by atoms with Gasteiger partial charge in [-0.2, -0.15) is 0 Å². The van der Waals surface area contributed by atoms with Crippen LogP contribution >= 0.6 is 0 Å². The van der Waals surface area contributed by atoms with Gasteiger partial charge in [0.25, 0.3) is 5.91 Å². The number of carbonyl (C=O) groups is 3. The minimum Gasteiger partial charge on any atom is -0.486 e. The standard InChI is InChI=1S/C19H25N5O6/c20-24-22-12-14(11-18(26)27)23-17(25)4-2-1-3-7-21-19(28)13-5-6-15-16(10-13)30-9-8-29-15/h5-6,10,14H,1-4,7-9,11-12H2,(H,21,28)(H,23,25)(H,26,27)/t14-/m0/s1. The Hall–Kier alpha value is -3.46. The molecule has 0 aliphatic carbocycles. The fourth-order valence-electron chi connectivity index (χ4n) is 2.88. The summed E-state index contributed by atoms with van der Waals surface area (Å²) in [6, 6.07) is 4.31. The average Bonchev–Trinajstić information content (AvgIpc) is 2.73. The highest BCUT2D eigenvalue weighted by Crippen LogP contribution is 2.30. The SMILES string of the molecule is [N-]=[N+]=NC[C@H](CC(=O)O)NC(=O)CCCCCNC(=O)c1ccc2c(c1)OCCO2. The molecule has 162 valence electrons. The van der Waals surface area contributed by atoms with Gasteiger partial charge in [-0.15, -0.1) is 0 Å². The predicted octanol–water partition coefficient (Wildman–Crippen LogP) is 2.02. The first-order valence-corrected chi connectivity index (χ1v) is 9.69. The highest BCUT2D eigenvalue weighted by atomic mass is 16.6. The second-order valence-electron chi connectivity index (χ2n) is 6.70. The molecule has 2 rings (SSSR count). The lowest BCUT2D eigenvalue weighted by Gasteiger charge is -2.18. The Kier molecular flexibility index (Phi) is 9.26. The van der Waals surface area contributed by atoms with Crippen LogP contribution in [-0.4, -0.2) is 55.2 Å². The first-order valence-electron chi connectivity index (χ1n) is 9.69. The van der Waals surface area contributed by atoms with E-state index in [1.807, 2.05) is 0 Å². The predicted molar refractivity (Wildman–Crippen MR) is 106 cm³/mol. The number of unbranched alkanes of at least 4 members (excludes halogenated alkanes) is 2. The normalized spacial score (nSPS) is 12.9. The van der Waals surface area contributed by atoms with Crippen molar-refractivity contribution in [2.24, 2.45) is 5.11 Å². The maximum Gasteiger partial charge on any atom is 0.305 e. The van der Waals surface area contributed by atoms with Gasteiger partial charge in [0.15, 0.2) is 11.5 Å². The van der Waals surface area contributed by atoms with Gasteiger partial charge in [0.1, 0.15) is 13.2 Å². The number of carboxylic acid groups (broad SMARTS) is 1. The summed E-state index contributed by atoms with van der Waals surface area (Å²) in [5.74, 6) is -0.404. The zero-order chi connectivity index (χ0) is 21.8. The fourth-order valence-corrected chi connectivity index (χ4v) is 2.88. The highest BCUT2D eigenvalue weighted by molar-refractivity contribution is 5.94. The first-order chi connectivity index (χ1) is 14.5. The summed E-state index contributed by atoms with van der Waals surface area (Å²) in [6.45, 7) is 1.30. The molecule has 11 heteroatoms. The molecule has 1 heterocycles. The molecular formula is C19H25N5O6. The second-order valence-corrected chi connectivity index (χ2v) is 6.70. The van der Waals surface area contributed by atoms with Crippen LogP contribution in [0.4, 0.5) is 0 Å². The molecule has 0 bridgehead atoms. The summed E-state index contributed by atoms with van der Waals surface area (Å²) in [5, 5.41) is 17.5. The molecule has 1 aliphatic rings. The molecule has 0 unspecified atom stereocenters. The zero-order valence-electron chi connectivity index (χ0n) is 16.5. The van der Waals surface area contributed by atoms with E-state index >= 15 is 0 Å². The lowest BCUT2D eigenvalue weighted by atomic mass is 10.1. The van der Waals surface area contributed by atoms with Gasteiger partial charge in [0.05, 0.1) is 6.42 Å². The minimum atomic E-state index is -1.08. The smallest absolute Gasteiger partial charge is 0.305 e. The number of nitrogens with zero attached hydrogens (tertiary/aromatic N) is 3. The van der Waals surface area contributed by atoms with Gasteiger partial charge < -0.3 is 25.2 Å². The summed E-state index contributed by atoms with van der Waals surface area (Å²) in [7, 11) is 0. The number of nitrogens with one attached hydrogen (secondary N) is 2. The van der Waals surface area contributed by atoms with Crippen molar-refractivity contribution in [2.45, 2.75) is 38.1 Å². The molecular weight excluding hydrogens is 394 g/mol. The number of aliphatic carboxylic acids is 1. The van der Waals surface area contributed by atoms with Gasteiger partial charge >= 0.3 is 5.97 Å². The average molecular weight is 419 g/mol. The lowest BCUT2D eigenvalue weighted by Crippen LogP contribution is -2.38. The number of hydrogen-bond acceptors (Lipinski definition) is 6. The molecule has 0 aromatic heterocycles. The topological polar surface area (TPSA) is 163 Å². The van der Waals surface area contributed by atoms with Gasteiger partial charge in [0.2, 0.25) is 5.91 Å². The van der Waals surface area contributed by atoms with E-state index in [0.717, 1.165) is 6.42 Å². The van der Waals surface area contributed by atoms with Gasteiger partial charge in [-0.05, 0) is 36.6 Å². The molecule has 1 aromatic rings. The van der Waals surface area contributed by atoms with Crippen molar-refractivity contribution < 1.29 is 29.0 Å². The van der Waals surface area contributed by atoms with Gasteiger partial charge in [-0.1, -0.05) is 11.5 Å². The van der Waals surface area contributed by atoms with Crippen molar-refractivity contribution in [3.63, 3.8) is 0 Å². The van der Waals surface area contributed by atoms with Gasteiger partial charge in [0, 0.05) is 36.0 Å². The van der Waals surface area contributed by atoms with Crippen molar-refractivity contribution in [2.75, 3.05) is 26.3 Å². The fraction of sp³-hybridized carbons (Fsp3) is 0.526. The minimum absolute atomic E-state index is 0.111. The molecule has 1 aromatic carbocycles. The third-order valence-corrected chi connectivity index (χ3v) is 4.32. The molecule has 0 fully saturated rings. The largest absolute Gasteiger partial charge is 0.486 e. The van der Waals surface area contributed by atoms with E-state index < -0.39 is 12.0 Å². The van der Waals surface area contributed by atoms with E-state index in [0.29, 0.717) is 49.7 Å². The van der Waals surface area contributed by atoms with Crippen molar-refractivity contribution in [3.8, 4) is 11.5 Å². The van der Waals surface area contributed by atoms with E-state index in [-0.39, 0.29) is 31.2 Å². The number of hydrogen-bond donors (Lipinski definition) is 3. The number of amides is 2. The van der Waals surface area contributed by atoms with Gasteiger partial charge in [-0.25, -0.2) is 0 Å². The maximum absolute atomic E-state index is 12.2. The number of fused-ring (bicyclic) bond motifs is 1. The van der Waals surface area contributed by atoms with Crippen LogP contribution in [0.25, 0.3) is 10.4 Å². The number of carbonyl (C=O) groups excluding carboxylic acids is 2. The van der Waals surface area contributed by atoms with Crippen LogP contribution in [0, 0.1) is 0 Å². The lowest BCUT2D eigenvalue weighted by molar-refractivity contribution is -0.137. The Bertz CT molecular complexity index is 805. The van der Waals surface area contributed by atoms with E-state index in [4.69, 9.17) is 20.1 Å². The summed E-state index contributed by atoms with van der Waals surface area (Å²) < 4.78 is 10.9. The molecule has 2 amide bonds. The van der Waals surface area contributed by atoms with E-state index in [2.05, 4.69) is 20.7 Å². The Morgan fingerprint density at radius 2 is 1.93 bits per heavy atom. The quantitative estimate of drug-likeness (QED) is 0.203. The molecule has 3 N–H and O–H groups in total. The van der Waals surface area contributed by atoms with Crippen LogP contribution < -0.4 is 20.1 Å². The van der Waals surface area contributed by atoms with Crippen LogP contribution in [0.2, 0.25) is 0 Å². The van der Waals surface area contributed by atoms with Crippen LogP contribution in [0.15, 0.2) is 23.3 Å².